The maximum absolute atomic E-state index is 14.9. The molecular formula is C51H68F2N6O8. The third-order valence-electron chi connectivity index (χ3n) is 12.5. The van der Waals surface area contributed by atoms with Gasteiger partial charge in [-0.2, -0.15) is 0 Å². The number of anilines is 2. The summed E-state index contributed by atoms with van der Waals surface area (Å²) < 4.78 is 46.1. The fourth-order valence-electron chi connectivity index (χ4n) is 8.31. The Kier molecular flexibility index (Phi) is 16.9. The fraction of sp³-hybridized carbons (Fsp3) is 0.549. The van der Waals surface area contributed by atoms with Gasteiger partial charge in [-0.3, -0.25) is 19.4 Å². The van der Waals surface area contributed by atoms with Crippen LogP contribution in [0.1, 0.15) is 85.6 Å². The average Bonchev–Trinajstić information content (AvgIpc) is 3.23. The smallest absolute Gasteiger partial charge is 0.410 e. The van der Waals surface area contributed by atoms with Gasteiger partial charge in [-0.1, -0.05) is 67.4 Å². The van der Waals surface area contributed by atoms with Crippen LogP contribution in [-0.4, -0.2) is 132 Å². The number of hydrogen-bond donors (Lipinski definition) is 0. The van der Waals surface area contributed by atoms with Gasteiger partial charge in [0.2, 0.25) is 11.8 Å². The monoisotopic (exact) mass is 931 g/mol. The number of likely N-dealkylation sites (N-methyl/N-ethyl adjacent to an activating group) is 1. The number of rotatable bonds is 10. The lowest BCUT2D eigenvalue weighted by atomic mass is 9.84. The fourth-order valence-corrected chi connectivity index (χ4v) is 8.31. The zero-order valence-electron chi connectivity index (χ0n) is 40.1. The number of benzene rings is 3. The third-order valence-corrected chi connectivity index (χ3v) is 12.5. The zero-order chi connectivity index (χ0) is 48.5. The zero-order valence-corrected chi connectivity index (χ0v) is 40.1. The topological polar surface area (TPSA) is 132 Å². The molecule has 2 saturated carbocycles. The van der Waals surface area contributed by atoms with Crippen LogP contribution in [0, 0.1) is 23.5 Å². The van der Waals surface area contributed by atoms with E-state index in [0.29, 0.717) is 31.9 Å². The van der Waals surface area contributed by atoms with Crippen molar-refractivity contribution < 1.29 is 47.0 Å². The summed E-state index contributed by atoms with van der Waals surface area (Å²) >= 11 is 0. The summed E-state index contributed by atoms with van der Waals surface area (Å²) in [5, 5.41) is 0. The first-order valence-electron chi connectivity index (χ1n) is 23.5. The number of ether oxygens (including phenoxy) is 3. The van der Waals surface area contributed by atoms with Crippen molar-refractivity contribution >= 4 is 41.5 Å². The van der Waals surface area contributed by atoms with E-state index in [1.54, 1.807) is 67.0 Å². The minimum absolute atomic E-state index is 0.0238. The molecular weight excluding hydrogens is 863 g/mol. The highest BCUT2D eigenvalue weighted by atomic mass is 19.1. The third kappa shape index (κ3) is 13.9. The summed E-state index contributed by atoms with van der Waals surface area (Å²) in [6.45, 7) is 13.6. The molecule has 2 aliphatic carbocycles. The Morgan fingerprint density at radius 1 is 0.582 bits per heavy atom. The quantitative estimate of drug-likeness (QED) is 0.183. The van der Waals surface area contributed by atoms with Gasteiger partial charge in [0.1, 0.15) is 29.4 Å². The predicted octanol–water partition coefficient (Wildman–Crippen LogP) is 8.73. The minimum atomic E-state index is -0.683. The van der Waals surface area contributed by atoms with Gasteiger partial charge in [-0.05, 0) is 104 Å². The van der Waals surface area contributed by atoms with Gasteiger partial charge in [-0.25, -0.2) is 23.2 Å². The molecule has 0 spiro atoms. The number of para-hydroxylation sites is 2. The molecule has 4 fully saturated rings. The normalized spacial score (nSPS) is 19.2. The molecule has 67 heavy (non-hydrogen) atoms. The summed E-state index contributed by atoms with van der Waals surface area (Å²) in [4.78, 5) is 75.1. The van der Waals surface area contributed by atoms with Gasteiger partial charge in [0, 0.05) is 70.2 Å². The molecule has 0 bridgehead atoms. The molecule has 7 rings (SSSR count). The van der Waals surface area contributed by atoms with E-state index in [4.69, 9.17) is 14.2 Å². The van der Waals surface area contributed by atoms with Crippen LogP contribution < -0.4 is 9.80 Å². The summed E-state index contributed by atoms with van der Waals surface area (Å²) in [6.07, 6.45) is 3.81. The number of nitrogens with zero attached hydrogens (tertiary/aromatic N) is 6. The predicted molar refractivity (Wildman–Crippen MR) is 251 cm³/mol. The van der Waals surface area contributed by atoms with Crippen LogP contribution in [0.4, 0.5) is 34.5 Å². The number of halogens is 2. The molecule has 14 nitrogen and oxygen atoms in total. The molecule has 5 amide bonds. The highest BCUT2D eigenvalue weighted by Gasteiger charge is 2.40. The van der Waals surface area contributed by atoms with E-state index < -0.39 is 41.1 Å². The number of amides is 5. The second-order valence-electron chi connectivity index (χ2n) is 19.9. The Bertz CT molecular complexity index is 2180. The van der Waals surface area contributed by atoms with E-state index in [1.807, 2.05) is 58.2 Å². The van der Waals surface area contributed by atoms with Crippen molar-refractivity contribution in [3.63, 3.8) is 0 Å². The lowest BCUT2D eigenvalue weighted by molar-refractivity contribution is -0.125. The molecule has 2 saturated heterocycles. The van der Waals surface area contributed by atoms with Crippen LogP contribution in [0.3, 0.4) is 0 Å². The summed E-state index contributed by atoms with van der Waals surface area (Å²) in [5.41, 5.74) is 0.0778. The van der Waals surface area contributed by atoms with Crippen molar-refractivity contribution in [3.05, 3.63) is 96.1 Å². The summed E-state index contributed by atoms with van der Waals surface area (Å²) in [7, 11) is 1.98. The molecule has 3 aromatic rings. The Morgan fingerprint density at radius 3 is 1.46 bits per heavy atom. The lowest BCUT2D eigenvalue weighted by Gasteiger charge is -2.43. The van der Waals surface area contributed by atoms with Crippen molar-refractivity contribution in [1.29, 1.82) is 0 Å². The minimum Gasteiger partial charge on any atom is -0.445 e. The van der Waals surface area contributed by atoms with Gasteiger partial charge in [0.25, 0.3) is 0 Å². The first-order valence-corrected chi connectivity index (χ1v) is 23.5. The number of carbonyl (C=O) groups is 5. The molecule has 364 valence electrons. The van der Waals surface area contributed by atoms with Crippen LogP contribution in [0.5, 0.6) is 0 Å². The molecule has 2 heterocycles. The highest BCUT2D eigenvalue weighted by Crippen LogP contribution is 2.33. The average molecular weight is 931 g/mol. The maximum atomic E-state index is 14.9. The van der Waals surface area contributed by atoms with Crippen LogP contribution in [0.2, 0.25) is 0 Å². The van der Waals surface area contributed by atoms with E-state index in [2.05, 4.69) is 4.90 Å². The van der Waals surface area contributed by atoms with Gasteiger partial charge < -0.3 is 33.8 Å². The summed E-state index contributed by atoms with van der Waals surface area (Å²) in [5.74, 6) is -1.33. The van der Waals surface area contributed by atoms with Crippen molar-refractivity contribution in [2.45, 2.75) is 110 Å². The van der Waals surface area contributed by atoms with Gasteiger partial charge >= 0.3 is 18.3 Å². The largest absolute Gasteiger partial charge is 0.445 e. The number of piperazine rings is 2. The maximum Gasteiger partial charge on any atom is 0.410 e. The molecule has 3 aromatic carbocycles. The Morgan fingerprint density at radius 2 is 1.01 bits per heavy atom. The van der Waals surface area contributed by atoms with Crippen molar-refractivity contribution in [2.75, 3.05) is 69.2 Å². The van der Waals surface area contributed by atoms with Crippen LogP contribution in [-0.2, 0) is 30.4 Å². The first kappa shape index (κ1) is 50.6. The number of carbonyl (C=O) groups excluding carboxylic acids is 5. The number of hydrogen-bond acceptors (Lipinski definition) is 9. The molecule has 2 aliphatic heterocycles. The summed E-state index contributed by atoms with van der Waals surface area (Å²) in [6, 6.07) is 21.2. The van der Waals surface area contributed by atoms with Gasteiger partial charge in [0.05, 0.1) is 17.4 Å². The molecule has 2 unspecified atom stereocenters. The van der Waals surface area contributed by atoms with E-state index in [-0.39, 0.29) is 74.3 Å². The Balaban J connectivity index is 0.000000229. The van der Waals surface area contributed by atoms with Crippen molar-refractivity contribution in [2.24, 2.45) is 11.8 Å². The Hall–Kier alpha value is -5.77. The van der Waals surface area contributed by atoms with Crippen molar-refractivity contribution in [1.82, 2.24) is 19.6 Å². The second kappa shape index (κ2) is 22.4. The van der Waals surface area contributed by atoms with Crippen LogP contribution >= 0.6 is 0 Å². The molecule has 2 atom stereocenters. The van der Waals surface area contributed by atoms with E-state index in [1.165, 1.54) is 26.8 Å². The van der Waals surface area contributed by atoms with Crippen LogP contribution in [0.15, 0.2) is 78.9 Å². The van der Waals surface area contributed by atoms with Gasteiger partial charge in [0.15, 0.2) is 0 Å². The standard InChI is InChI=1S/C29H36FN3O5.C22H32FN3O3/c1-29(2,3)38-27(35)31-16-17-32(28(36)37-20-21-10-5-4-6-11-21)23(18-31)19-33(26(34)22-12-9-13-22)25-15-8-7-14-24(25)30;1-22(2,3)29-21(28)25-13-12-24(4)17(14-25)15-26(20(27)16-8-7-9-16)19-11-6-5-10-18(19)23/h4-8,10-11,14-15,22-23H,9,12-13,16-20H2,1-3H3;5-6,10-11,16-17H,7-9,12-15H2,1-4H3. The van der Waals surface area contributed by atoms with E-state index >= 15 is 0 Å². The molecule has 0 radical (unpaired) electrons. The Labute approximate surface area is 394 Å². The second-order valence-corrected chi connectivity index (χ2v) is 19.9. The van der Waals surface area contributed by atoms with Gasteiger partial charge in [-0.15, -0.1) is 0 Å². The SMILES string of the molecule is CC(C)(C)OC(=O)N1CCN(C(=O)OCc2ccccc2)C(CN(C(=O)C2CCC2)c2ccccc2F)C1.CN1CCN(C(=O)OC(C)(C)C)CC1CN(C(=O)C1CCC1)c1ccccc1F. The van der Waals surface area contributed by atoms with E-state index in [0.717, 1.165) is 44.1 Å². The van der Waals surface area contributed by atoms with Crippen LogP contribution in [0.25, 0.3) is 0 Å². The molecule has 0 N–H and O–H groups in total. The van der Waals surface area contributed by atoms with E-state index in [9.17, 15) is 32.8 Å². The highest BCUT2D eigenvalue weighted by molar-refractivity contribution is 5.96. The first-order chi connectivity index (χ1) is 31.8. The molecule has 16 heteroatoms. The van der Waals surface area contributed by atoms with Crippen molar-refractivity contribution in [3.8, 4) is 0 Å². The molecule has 0 aromatic heterocycles. The molecule has 4 aliphatic rings. The lowest BCUT2D eigenvalue weighted by Crippen LogP contribution is -2.61.